The van der Waals surface area contributed by atoms with Gasteiger partial charge >= 0.3 is 0 Å². The van der Waals surface area contributed by atoms with Crippen LogP contribution in [0.5, 0.6) is 0 Å². The Labute approximate surface area is 255 Å². The van der Waals surface area contributed by atoms with Crippen molar-refractivity contribution in [2.24, 2.45) is 5.92 Å². The number of amides is 1. The van der Waals surface area contributed by atoms with Gasteiger partial charge in [0.25, 0.3) is 0 Å². The van der Waals surface area contributed by atoms with Crippen LogP contribution >= 0.6 is 0 Å². The lowest BCUT2D eigenvalue weighted by atomic mass is 9.93. The number of pyridine rings is 2. The molecule has 4 heterocycles. The summed E-state index contributed by atoms with van der Waals surface area (Å²) >= 11 is 0. The molecular weight excluding hydrogens is 554 g/mol. The van der Waals surface area contributed by atoms with E-state index < -0.39 is 24.2 Å². The number of nitrogens with one attached hydrogen (secondary N) is 1. The molecule has 2 aliphatic carbocycles. The lowest BCUT2D eigenvalue weighted by Gasteiger charge is -2.29. The highest BCUT2D eigenvalue weighted by Crippen LogP contribution is 2.42. The first-order valence-corrected chi connectivity index (χ1v) is 15.3. The number of aromatic nitrogens is 6. The van der Waals surface area contributed by atoms with Crippen molar-refractivity contribution in [2.75, 3.05) is 0 Å². The van der Waals surface area contributed by atoms with Crippen LogP contribution in [0.3, 0.4) is 0 Å². The summed E-state index contributed by atoms with van der Waals surface area (Å²) in [6.07, 6.45) is 11.3. The largest absolute Gasteiger partial charge is 0.390 e. The van der Waals surface area contributed by atoms with E-state index in [9.17, 15) is 15.0 Å². The molecule has 2 saturated carbocycles. The number of hydrogen-bond acceptors (Lipinski definition) is 8. The van der Waals surface area contributed by atoms with Gasteiger partial charge in [0, 0.05) is 42.5 Å². The van der Waals surface area contributed by atoms with E-state index in [2.05, 4.69) is 25.5 Å². The van der Waals surface area contributed by atoms with E-state index in [1.54, 1.807) is 24.8 Å². The Morgan fingerprint density at radius 3 is 2.32 bits per heavy atom. The fourth-order valence-corrected chi connectivity index (χ4v) is 5.88. The normalized spacial score (nSPS) is 17.6. The maximum atomic E-state index is 14.4. The van der Waals surface area contributed by atoms with Crippen molar-refractivity contribution in [3.05, 3.63) is 108 Å². The van der Waals surface area contributed by atoms with Gasteiger partial charge in [0.05, 0.1) is 23.5 Å². The third-order valence-corrected chi connectivity index (χ3v) is 8.65. The second-order valence-electron chi connectivity index (χ2n) is 12.0. The molecule has 224 valence electrons. The van der Waals surface area contributed by atoms with E-state index in [4.69, 9.17) is 4.98 Å². The molecule has 1 amide bonds. The van der Waals surface area contributed by atoms with E-state index in [0.29, 0.717) is 30.2 Å². The molecule has 0 aliphatic heterocycles. The fraction of sp³-hybridized carbons (Fsp3) is 0.353. The minimum absolute atomic E-state index is 0.0473. The summed E-state index contributed by atoms with van der Waals surface area (Å²) < 4.78 is 1.89. The van der Waals surface area contributed by atoms with Gasteiger partial charge in [0.1, 0.15) is 17.8 Å². The zero-order chi connectivity index (χ0) is 30.0. The molecule has 0 saturated heterocycles. The van der Waals surface area contributed by atoms with E-state index in [0.717, 1.165) is 53.8 Å². The lowest BCUT2D eigenvalue weighted by molar-refractivity contribution is -0.125. The maximum Gasteiger partial charge on any atom is 0.231 e. The van der Waals surface area contributed by atoms with Gasteiger partial charge in [0.2, 0.25) is 5.91 Å². The van der Waals surface area contributed by atoms with Crippen molar-refractivity contribution in [1.29, 1.82) is 0 Å². The first-order valence-electron chi connectivity index (χ1n) is 15.3. The van der Waals surface area contributed by atoms with E-state index in [-0.39, 0.29) is 11.8 Å². The third kappa shape index (κ3) is 6.09. The molecule has 5 aromatic rings. The van der Waals surface area contributed by atoms with Crippen molar-refractivity contribution < 1.29 is 15.0 Å². The molecule has 10 heteroatoms. The van der Waals surface area contributed by atoms with Crippen LogP contribution < -0.4 is 5.32 Å². The molecule has 7 rings (SSSR count). The van der Waals surface area contributed by atoms with Gasteiger partial charge in [-0.15, -0.1) is 10.2 Å². The number of nitrogens with zero attached hydrogens (tertiary/aromatic N) is 6. The van der Waals surface area contributed by atoms with Crippen LogP contribution in [0.15, 0.2) is 85.6 Å². The van der Waals surface area contributed by atoms with Crippen LogP contribution in [-0.4, -0.2) is 63.9 Å². The number of aliphatic hydroxyl groups is 2. The molecule has 0 unspecified atom stereocenters. The van der Waals surface area contributed by atoms with Gasteiger partial charge in [-0.1, -0.05) is 36.4 Å². The number of benzene rings is 1. The number of aliphatic hydroxyl groups excluding tert-OH is 2. The standard InChI is InChI=1S/C34H35N7O3/c42-30(24-12-13-24)31(43)27(17-21-6-2-1-3-7-21)38-34(44)26(16-22-8-4-14-35-18-22)32-39-40-33-29(23-10-11-23)37-28(20-41(32)33)25-9-5-15-36-19-25/h1-9,14-15,18-20,23-24,26-27,30-31,42-43H,10-13,16-17H2,(H,38,44)/t26-,27+,30+,31-/m1/s1. The molecule has 3 N–H and O–H groups in total. The molecule has 4 atom stereocenters. The average Bonchev–Trinajstić information content (AvgIpc) is 4.01. The molecule has 10 nitrogen and oxygen atoms in total. The summed E-state index contributed by atoms with van der Waals surface area (Å²) in [6.45, 7) is 0. The summed E-state index contributed by atoms with van der Waals surface area (Å²) in [6, 6.07) is 16.6. The Hall–Kier alpha value is -4.54. The van der Waals surface area contributed by atoms with Crippen molar-refractivity contribution in [3.63, 3.8) is 0 Å². The first-order chi connectivity index (χ1) is 21.5. The maximum absolute atomic E-state index is 14.4. The van der Waals surface area contributed by atoms with E-state index in [1.165, 1.54) is 0 Å². The van der Waals surface area contributed by atoms with Crippen LogP contribution in [0.4, 0.5) is 0 Å². The highest BCUT2D eigenvalue weighted by molar-refractivity contribution is 5.84. The predicted molar refractivity (Wildman–Crippen MR) is 163 cm³/mol. The number of fused-ring (bicyclic) bond motifs is 1. The molecule has 2 fully saturated rings. The third-order valence-electron chi connectivity index (χ3n) is 8.65. The van der Waals surface area contributed by atoms with Crippen molar-refractivity contribution in [2.45, 2.75) is 68.6 Å². The average molecular weight is 590 g/mol. The fourth-order valence-electron chi connectivity index (χ4n) is 5.88. The van der Waals surface area contributed by atoms with Crippen LogP contribution in [0.25, 0.3) is 16.9 Å². The van der Waals surface area contributed by atoms with E-state index >= 15 is 0 Å². The molecular formula is C34H35N7O3. The number of carbonyl (C=O) groups excluding carboxylic acids is 1. The number of hydrogen-bond donors (Lipinski definition) is 3. The highest BCUT2D eigenvalue weighted by atomic mass is 16.3. The minimum Gasteiger partial charge on any atom is -0.390 e. The summed E-state index contributed by atoms with van der Waals surface area (Å²) in [5.74, 6) is -0.239. The van der Waals surface area contributed by atoms with E-state index in [1.807, 2.05) is 65.2 Å². The predicted octanol–water partition coefficient (Wildman–Crippen LogP) is 3.64. The zero-order valence-electron chi connectivity index (χ0n) is 24.3. The molecule has 0 bridgehead atoms. The molecule has 0 radical (unpaired) electrons. The van der Waals surface area contributed by atoms with Gasteiger partial charge < -0.3 is 15.5 Å². The Bertz CT molecular complexity index is 1720. The summed E-state index contributed by atoms with van der Waals surface area (Å²) in [5.41, 5.74) is 4.94. The quantitative estimate of drug-likeness (QED) is 0.201. The van der Waals surface area contributed by atoms with Gasteiger partial charge in [-0.05, 0) is 73.8 Å². The van der Waals surface area contributed by atoms with Crippen molar-refractivity contribution in [1.82, 2.24) is 34.9 Å². The Morgan fingerprint density at radius 1 is 0.886 bits per heavy atom. The smallest absolute Gasteiger partial charge is 0.231 e. The van der Waals surface area contributed by atoms with Gasteiger partial charge in [-0.2, -0.15) is 0 Å². The van der Waals surface area contributed by atoms with Crippen molar-refractivity contribution in [3.8, 4) is 11.3 Å². The monoisotopic (exact) mass is 589 g/mol. The summed E-state index contributed by atoms with van der Waals surface area (Å²) in [7, 11) is 0. The topological polar surface area (TPSA) is 138 Å². The Kier molecular flexibility index (Phi) is 7.84. The first kappa shape index (κ1) is 28.2. The van der Waals surface area contributed by atoms with Crippen LogP contribution in [0.2, 0.25) is 0 Å². The van der Waals surface area contributed by atoms with Gasteiger partial charge in [0.15, 0.2) is 5.65 Å². The summed E-state index contributed by atoms with van der Waals surface area (Å²) in [5, 5.41) is 34.5. The lowest BCUT2D eigenvalue weighted by Crippen LogP contribution is -2.51. The minimum atomic E-state index is -1.12. The van der Waals surface area contributed by atoms with Gasteiger partial charge in [-0.25, -0.2) is 4.98 Å². The SMILES string of the molecule is O=C(N[C@@H](Cc1ccccc1)[C@@H](O)[C@@H](O)C1CC1)[C@H](Cc1cccnc1)c1nnc2c(C3CC3)nc(-c3cccnc3)cn12. The second kappa shape index (κ2) is 12.2. The molecule has 1 aromatic carbocycles. The van der Waals surface area contributed by atoms with Crippen LogP contribution in [-0.2, 0) is 17.6 Å². The Balaban J connectivity index is 1.28. The molecule has 0 spiro atoms. The molecule has 44 heavy (non-hydrogen) atoms. The molecule has 4 aromatic heterocycles. The van der Waals surface area contributed by atoms with Gasteiger partial charge in [-0.3, -0.25) is 19.2 Å². The number of carbonyl (C=O) groups is 1. The number of rotatable bonds is 12. The Morgan fingerprint density at radius 2 is 1.64 bits per heavy atom. The second-order valence-corrected chi connectivity index (χ2v) is 12.0. The van der Waals surface area contributed by atoms with Crippen LogP contribution in [0, 0.1) is 5.92 Å². The zero-order valence-corrected chi connectivity index (χ0v) is 24.3. The summed E-state index contributed by atoms with van der Waals surface area (Å²) in [4.78, 5) is 27.9. The highest BCUT2D eigenvalue weighted by Gasteiger charge is 2.40. The molecule has 2 aliphatic rings. The van der Waals surface area contributed by atoms with Crippen molar-refractivity contribution >= 4 is 11.6 Å². The van der Waals surface area contributed by atoms with Crippen LogP contribution in [0.1, 0.15) is 60.2 Å².